The van der Waals surface area contributed by atoms with Crippen LogP contribution in [0.2, 0.25) is 0 Å². The zero-order chi connectivity index (χ0) is 15.6. The van der Waals surface area contributed by atoms with Gasteiger partial charge in [0.15, 0.2) is 0 Å². The molecule has 2 heterocycles. The molecule has 114 valence electrons. The Labute approximate surface area is 131 Å². The van der Waals surface area contributed by atoms with Gasteiger partial charge in [0.05, 0.1) is 12.8 Å². The van der Waals surface area contributed by atoms with Crippen molar-refractivity contribution in [3.8, 4) is 5.75 Å². The van der Waals surface area contributed by atoms with Gasteiger partial charge in [-0.05, 0) is 36.8 Å². The molecule has 0 bridgehead atoms. The van der Waals surface area contributed by atoms with Crippen LogP contribution in [-0.4, -0.2) is 34.5 Å². The molecule has 3 rings (SSSR count). The van der Waals surface area contributed by atoms with E-state index in [0.717, 1.165) is 17.0 Å². The summed E-state index contributed by atoms with van der Waals surface area (Å²) >= 11 is 1.25. The summed E-state index contributed by atoms with van der Waals surface area (Å²) in [6.45, 7) is 1.70. The molecule has 0 radical (unpaired) electrons. The van der Waals surface area contributed by atoms with Gasteiger partial charge >= 0.3 is 0 Å². The number of nitrogens with zero attached hydrogens (tertiary/aromatic N) is 3. The van der Waals surface area contributed by atoms with E-state index in [0.29, 0.717) is 11.6 Å². The van der Waals surface area contributed by atoms with E-state index in [2.05, 4.69) is 20.7 Å². The third kappa shape index (κ3) is 2.77. The molecule has 0 aliphatic carbocycles. The maximum absolute atomic E-state index is 12.3. The summed E-state index contributed by atoms with van der Waals surface area (Å²) in [5, 5.41) is 14.6. The van der Waals surface area contributed by atoms with Crippen LogP contribution in [0.5, 0.6) is 5.75 Å². The first-order valence-corrected chi connectivity index (χ1v) is 7.46. The molecule has 0 unspecified atom stereocenters. The Hall–Kier alpha value is -2.48. The number of nitrogens with one attached hydrogen (secondary N) is 1. The molecule has 1 amide bonds. The molecule has 1 aliphatic rings. The van der Waals surface area contributed by atoms with Gasteiger partial charge < -0.3 is 9.57 Å². The van der Waals surface area contributed by atoms with E-state index in [1.807, 2.05) is 24.3 Å². The minimum Gasteiger partial charge on any atom is -0.497 e. The van der Waals surface area contributed by atoms with Crippen LogP contribution in [0.3, 0.4) is 0 Å². The van der Waals surface area contributed by atoms with E-state index in [9.17, 15) is 4.79 Å². The number of hydrogen-bond acceptors (Lipinski definition) is 7. The van der Waals surface area contributed by atoms with Gasteiger partial charge in [-0.1, -0.05) is 16.5 Å². The van der Waals surface area contributed by atoms with Crippen LogP contribution in [0.15, 0.2) is 34.9 Å². The van der Waals surface area contributed by atoms with E-state index in [4.69, 9.17) is 9.57 Å². The fourth-order valence-corrected chi connectivity index (χ4v) is 2.50. The van der Waals surface area contributed by atoms with Crippen molar-refractivity contribution in [1.82, 2.24) is 10.2 Å². The molecular weight excluding hydrogens is 304 g/mol. The van der Waals surface area contributed by atoms with Gasteiger partial charge in [-0.2, -0.15) is 0 Å². The summed E-state index contributed by atoms with van der Waals surface area (Å²) in [5.74, 6) is 0.469. The number of oxime groups is 1. The van der Waals surface area contributed by atoms with Crippen molar-refractivity contribution in [2.45, 2.75) is 18.9 Å². The number of anilines is 1. The van der Waals surface area contributed by atoms with Crippen LogP contribution in [0.25, 0.3) is 0 Å². The van der Waals surface area contributed by atoms with E-state index >= 15 is 0 Å². The van der Waals surface area contributed by atoms with E-state index in [1.165, 1.54) is 11.3 Å². The van der Waals surface area contributed by atoms with Gasteiger partial charge in [-0.25, -0.2) is 0 Å². The van der Waals surface area contributed by atoms with Gasteiger partial charge in [0.25, 0.3) is 5.91 Å². The van der Waals surface area contributed by atoms with Crippen LogP contribution in [0.1, 0.15) is 18.9 Å². The highest BCUT2D eigenvalue weighted by molar-refractivity contribution is 7.13. The lowest BCUT2D eigenvalue weighted by Crippen LogP contribution is -2.40. The summed E-state index contributed by atoms with van der Waals surface area (Å²) in [4.78, 5) is 17.7. The van der Waals surface area contributed by atoms with Gasteiger partial charge in [0.1, 0.15) is 11.3 Å². The molecular formula is C14H14N4O3S. The lowest BCUT2D eigenvalue weighted by Gasteiger charge is -2.19. The van der Waals surface area contributed by atoms with Crippen LogP contribution < -0.4 is 10.1 Å². The topological polar surface area (TPSA) is 85.7 Å². The minimum atomic E-state index is -1.05. The highest BCUT2D eigenvalue weighted by Gasteiger charge is 2.42. The SMILES string of the molecule is COc1ccc(C2=NO[C@](C)(C(=O)Nc3nncs3)C2)cc1. The average molecular weight is 318 g/mol. The lowest BCUT2D eigenvalue weighted by atomic mass is 9.95. The first-order valence-electron chi connectivity index (χ1n) is 6.58. The zero-order valence-electron chi connectivity index (χ0n) is 12.1. The van der Waals surface area contributed by atoms with E-state index in [-0.39, 0.29) is 5.91 Å². The van der Waals surface area contributed by atoms with Crippen molar-refractivity contribution in [3.63, 3.8) is 0 Å². The van der Waals surface area contributed by atoms with Gasteiger partial charge in [-0.15, -0.1) is 10.2 Å². The summed E-state index contributed by atoms with van der Waals surface area (Å²) in [6.07, 6.45) is 0.379. The molecule has 1 aliphatic heterocycles. The highest BCUT2D eigenvalue weighted by Crippen LogP contribution is 2.28. The third-order valence-corrected chi connectivity index (χ3v) is 3.95. The maximum atomic E-state index is 12.3. The fraction of sp³-hybridized carbons (Fsp3) is 0.286. The molecule has 0 fully saturated rings. The molecule has 2 aromatic rings. The molecule has 1 aromatic carbocycles. The molecule has 1 N–H and O–H groups in total. The van der Waals surface area contributed by atoms with Crippen molar-refractivity contribution in [2.75, 3.05) is 12.4 Å². The number of amides is 1. The van der Waals surface area contributed by atoms with Gasteiger partial charge in [-0.3, -0.25) is 10.1 Å². The summed E-state index contributed by atoms with van der Waals surface area (Å²) < 4.78 is 5.12. The summed E-state index contributed by atoms with van der Waals surface area (Å²) in [7, 11) is 1.61. The smallest absolute Gasteiger partial charge is 0.273 e. The predicted molar refractivity (Wildman–Crippen MR) is 82.2 cm³/mol. The van der Waals surface area contributed by atoms with Crippen molar-refractivity contribution < 1.29 is 14.4 Å². The van der Waals surface area contributed by atoms with E-state index < -0.39 is 5.60 Å². The largest absolute Gasteiger partial charge is 0.497 e. The second-order valence-electron chi connectivity index (χ2n) is 4.96. The first kappa shape index (κ1) is 14.5. The highest BCUT2D eigenvalue weighted by atomic mass is 32.1. The Morgan fingerprint density at radius 2 is 2.18 bits per heavy atom. The minimum absolute atomic E-state index is 0.295. The van der Waals surface area contributed by atoms with Crippen LogP contribution in [-0.2, 0) is 9.63 Å². The summed E-state index contributed by atoms with van der Waals surface area (Å²) in [6, 6.07) is 7.45. The van der Waals surface area contributed by atoms with Crippen LogP contribution in [0.4, 0.5) is 5.13 Å². The normalized spacial score (nSPS) is 20.2. The molecule has 22 heavy (non-hydrogen) atoms. The Morgan fingerprint density at radius 1 is 1.41 bits per heavy atom. The van der Waals surface area contributed by atoms with Crippen molar-refractivity contribution in [3.05, 3.63) is 35.3 Å². The van der Waals surface area contributed by atoms with Gasteiger partial charge in [0, 0.05) is 6.42 Å². The second-order valence-corrected chi connectivity index (χ2v) is 5.80. The summed E-state index contributed by atoms with van der Waals surface area (Å²) in [5.41, 5.74) is 2.11. The lowest BCUT2D eigenvalue weighted by molar-refractivity contribution is -0.135. The van der Waals surface area contributed by atoms with Crippen molar-refractivity contribution in [2.24, 2.45) is 5.16 Å². The molecule has 7 nitrogen and oxygen atoms in total. The second kappa shape index (κ2) is 5.72. The number of carbonyl (C=O) groups is 1. The first-order chi connectivity index (χ1) is 10.6. The number of aromatic nitrogens is 2. The van der Waals surface area contributed by atoms with Crippen molar-refractivity contribution in [1.29, 1.82) is 0 Å². The number of rotatable bonds is 4. The van der Waals surface area contributed by atoms with E-state index in [1.54, 1.807) is 19.5 Å². The van der Waals surface area contributed by atoms with Crippen LogP contribution in [0, 0.1) is 0 Å². The third-order valence-electron chi connectivity index (χ3n) is 3.35. The molecule has 1 atom stereocenters. The zero-order valence-corrected chi connectivity index (χ0v) is 12.9. The number of benzene rings is 1. The van der Waals surface area contributed by atoms with Crippen LogP contribution >= 0.6 is 11.3 Å². The standard InChI is InChI=1S/C14H14N4O3S/c1-14(12(19)16-13-17-15-8-22-13)7-11(18-21-14)9-3-5-10(20-2)6-4-9/h3-6,8H,7H2,1-2H3,(H,16,17,19)/t14-/m0/s1. The number of methoxy groups -OCH3 is 1. The average Bonchev–Trinajstić information content (AvgIpc) is 3.18. The maximum Gasteiger partial charge on any atom is 0.273 e. The molecule has 0 saturated heterocycles. The molecule has 1 aromatic heterocycles. The molecule has 0 saturated carbocycles. The predicted octanol–water partition coefficient (Wildman–Crippen LogP) is 2.07. The number of carbonyl (C=O) groups excluding carboxylic acids is 1. The van der Waals surface area contributed by atoms with Crippen molar-refractivity contribution >= 4 is 28.1 Å². The Kier molecular flexibility index (Phi) is 3.76. The quantitative estimate of drug-likeness (QED) is 0.932. The van der Waals surface area contributed by atoms with Gasteiger partial charge in [0.2, 0.25) is 10.7 Å². The molecule has 0 spiro atoms. The Balaban J connectivity index is 1.70. The number of ether oxygens (including phenoxy) is 1. The Bertz CT molecular complexity index is 699. The monoisotopic (exact) mass is 318 g/mol. The molecule has 8 heteroatoms. The fourth-order valence-electron chi connectivity index (χ4n) is 2.06. The Morgan fingerprint density at radius 3 is 2.82 bits per heavy atom. The number of hydrogen-bond donors (Lipinski definition) is 1.